The molecule has 11 nitrogen and oxygen atoms in total. The highest BCUT2D eigenvalue weighted by Crippen LogP contribution is 2.63. The average Bonchev–Trinajstić information content (AvgIpc) is 2.97. The van der Waals surface area contributed by atoms with Crippen LogP contribution < -0.4 is 0 Å². The van der Waals surface area contributed by atoms with Crippen molar-refractivity contribution in [2.24, 2.45) is 0 Å². The van der Waals surface area contributed by atoms with Crippen molar-refractivity contribution in [2.45, 2.75) is 51.6 Å². The van der Waals surface area contributed by atoms with Crippen LogP contribution in [0.3, 0.4) is 0 Å². The summed E-state index contributed by atoms with van der Waals surface area (Å²) in [6.07, 6.45) is -0.237. The summed E-state index contributed by atoms with van der Waals surface area (Å²) < 4.78 is 0. The number of aryl methyl sites for hydroxylation is 2. The summed E-state index contributed by atoms with van der Waals surface area (Å²) in [5, 5.41) is 77.0. The molecule has 0 radical (unpaired) electrons. The molecule has 0 saturated carbocycles. The van der Waals surface area contributed by atoms with Gasteiger partial charge in [0.1, 0.15) is 39.7 Å². The maximum Gasteiger partial charge on any atom is 0.339 e. The SMILES string of the molecule is Cc1ccc2c(c1O)C(=O)c1c(cc(O)c(C(=O)O)c1C)[C@@]21CCC2(O)c3cc(O)c(C(=O)O)c(C)c3C(=O)c3c(O)c(C)cc1c32. The first-order valence-corrected chi connectivity index (χ1v) is 14.7. The number of fused-ring (bicyclic) bond motifs is 7. The van der Waals surface area contributed by atoms with E-state index in [1.54, 1.807) is 25.1 Å². The number of aliphatic hydroxyl groups is 1. The molecular formula is C36H28O11. The topological polar surface area (TPSA) is 210 Å². The van der Waals surface area contributed by atoms with Crippen molar-refractivity contribution in [1.82, 2.24) is 0 Å². The molecule has 238 valence electrons. The molecule has 4 aromatic rings. The van der Waals surface area contributed by atoms with E-state index in [9.17, 15) is 54.9 Å². The Labute approximate surface area is 266 Å². The lowest BCUT2D eigenvalue weighted by Gasteiger charge is -2.51. The maximum absolute atomic E-state index is 14.4. The minimum absolute atomic E-state index is 0.0324. The average molecular weight is 637 g/mol. The van der Waals surface area contributed by atoms with Gasteiger partial charge in [-0.3, -0.25) is 9.59 Å². The van der Waals surface area contributed by atoms with Gasteiger partial charge in [-0.1, -0.05) is 18.2 Å². The predicted molar refractivity (Wildman–Crippen MR) is 164 cm³/mol. The van der Waals surface area contributed by atoms with Crippen molar-refractivity contribution in [3.63, 3.8) is 0 Å². The summed E-state index contributed by atoms with van der Waals surface area (Å²) in [6.45, 7) is 5.84. The molecule has 0 amide bonds. The molecule has 11 heteroatoms. The second-order valence-corrected chi connectivity index (χ2v) is 12.7. The molecule has 0 bridgehead atoms. The lowest BCUT2D eigenvalue weighted by molar-refractivity contribution is 0.0467. The number of carboxylic acids is 2. The van der Waals surface area contributed by atoms with Crippen LogP contribution in [0.1, 0.15) is 115 Å². The zero-order valence-electron chi connectivity index (χ0n) is 25.6. The molecular weight excluding hydrogens is 608 g/mol. The Morgan fingerprint density at radius 3 is 1.70 bits per heavy atom. The Bertz CT molecular complexity index is 2250. The molecule has 0 aliphatic heterocycles. The van der Waals surface area contributed by atoms with Crippen LogP contribution in [0.5, 0.6) is 23.0 Å². The first-order chi connectivity index (χ1) is 22.0. The van der Waals surface area contributed by atoms with Gasteiger partial charge in [0.05, 0.1) is 11.1 Å². The summed E-state index contributed by atoms with van der Waals surface area (Å²) in [5.41, 5.74) is -4.16. The van der Waals surface area contributed by atoms with Gasteiger partial charge in [0.15, 0.2) is 11.6 Å². The zero-order valence-corrected chi connectivity index (χ0v) is 25.6. The number of carbonyl (C=O) groups is 4. The summed E-state index contributed by atoms with van der Waals surface area (Å²) in [6, 6.07) is 7.02. The van der Waals surface area contributed by atoms with Gasteiger partial charge in [0.25, 0.3) is 0 Å². The van der Waals surface area contributed by atoms with E-state index < -0.39 is 62.9 Å². The van der Waals surface area contributed by atoms with E-state index in [1.165, 1.54) is 26.8 Å². The fourth-order valence-corrected chi connectivity index (χ4v) is 8.32. The molecule has 7 N–H and O–H groups in total. The van der Waals surface area contributed by atoms with Crippen LogP contribution >= 0.6 is 0 Å². The summed E-state index contributed by atoms with van der Waals surface area (Å²) >= 11 is 0. The minimum atomic E-state index is -2.06. The van der Waals surface area contributed by atoms with Gasteiger partial charge in [-0.2, -0.15) is 0 Å². The number of hydrogen-bond acceptors (Lipinski definition) is 9. The van der Waals surface area contributed by atoms with E-state index in [4.69, 9.17) is 0 Å². The van der Waals surface area contributed by atoms with Crippen LogP contribution in [0.15, 0.2) is 30.3 Å². The van der Waals surface area contributed by atoms with Crippen molar-refractivity contribution in [3.05, 3.63) is 114 Å². The van der Waals surface area contributed by atoms with Crippen molar-refractivity contribution in [2.75, 3.05) is 0 Å². The Morgan fingerprint density at radius 2 is 1.13 bits per heavy atom. The fraction of sp³-hybridized carbons (Fsp3) is 0.222. The number of carbonyl (C=O) groups excluding carboxylic acids is 2. The lowest BCUT2D eigenvalue weighted by atomic mass is 9.51. The van der Waals surface area contributed by atoms with Crippen molar-refractivity contribution >= 4 is 23.5 Å². The van der Waals surface area contributed by atoms with E-state index in [0.717, 1.165) is 6.07 Å². The Balaban J connectivity index is 1.69. The highest BCUT2D eigenvalue weighted by molar-refractivity contribution is 6.19. The van der Waals surface area contributed by atoms with Crippen LogP contribution in [0.2, 0.25) is 0 Å². The first-order valence-electron chi connectivity index (χ1n) is 14.7. The number of carboxylic acid groups (broad SMARTS) is 2. The van der Waals surface area contributed by atoms with Gasteiger partial charge in [-0.25, -0.2) is 9.59 Å². The Kier molecular flexibility index (Phi) is 5.87. The number of ketones is 2. The number of benzene rings is 4. The molecule has 3 aliphatic rings. The first kappa shape index (κ1) is 30.0. The lowest BCUT2D eigenvalue weighted by Crippen LogP contribution is -2.49. The third kappa shape index (κ3) is 3.38. The van der Waals surface area contributed by atoms with E-state index in [1.807, 2.05) is 0 Å². The number of aromatic carboxylic acids is 2. The minimum Gasteiger partial charge on any atom is -0.507 e. The van der Waals surface area contributed by atoms with Gasteiger partial charge in [-0.05, 0) is 91.6 Å². The van der Waals surface area contributed by atoms with Gasteiger partial charge >= 0.3 is 11.9 Å². The molecule has 0 fully saturated rings. The molecule has 0 saturated heterocycles. The van der Waals surface area contributed by atoms with Gasteiger partial charge in [-0.15, -0.1) is 0 Å². The van der Waals surface area contributed by atoms with Crippen molar-refractivity contribution in [1.29, 1.82) is 0 Å². The van der Waals surface area contributed by atoms with E-state index in [2.05, 4.69) is 0 Å². The van der Waals surface area contributed by atoms with Crippen LogP contribution in [0.25, 0.3) is 0 Å². The van der Waals surface area contributed by atoms with Crippen LogP contribution in [0.4, 0.5) is 0 Å². The smallest absolute Gasteiger partial charge is 0.339 e. The Hall–Kier alpha value is -5.68. The normalized spacial score (nSPS) is 20.4. The highest BCUT2D eigenvalue weighted by atomic mass is 16.4. The second kappa shape index (κ2) is 9.20. The van der Waals surface area contributed by atoms with Crippen LogP contribution in [0, 0.1) is 27.7 Å². The van der Waals surface area contributed by atoms with Gasteiger partial charge < -0.3 is 35.7 Å². The molecule has 0 heterocycles. The fourth-order valence-electron chi connectivity index (χ4n) is 8.32. The number of phenolic OH excluding ortho intramolecular Hbond substituents is 2. The third-order valence-electron chi connectivity index (χ3n) is 10.4. The van der Waals surface area contributed by atoms with Crippen LogP contribution in [-0.2, 0) is 11.0 Å². The van der Waals surface area contributed by atoms with Gasteiger partial charge in [0, 0.05) is 27.7 Å². The molecule has 0 aromatic heterocycles. The quantitative estimate of drug-likeness (QED) is 0.162. The van der Waals surface area contributed by atoms with Gasteiger partial charge in [0.2, 0.25) is 0 Å². The molecule has 4 aromatic carbocycles. The summed E-state index contributed by atoms with van der Waals surface area (Å²) in [5.74, 6) is -6.51. The number of hydrogen-bond donors (Lipinski definition) is 7. The molecule has 47 heavy (non-hydrogen) atoms. The highest BCUT2D eigenvalue weighted by Gasteiger charge is 2.58. The molecule has 2 atom stereocenters. The maximum atomic E-state index is 14.4. The zero-order chi connectivity index (χ0) is 34.2. The molecule has 1 spiro atoms. The summed E-state index contributed by atoms with van der Waals surface area (Å²) in [4.78, 5) is 52.9. The summed E-state index contributed by atoms with van der Waals surface area (Å²) in [7, 11) is 0. The molecule has 1 unspecified atom stereocenters. The second-order valence-electron chi connectivity index (χ2n) is 12.7. The monoisotopic (exact) mass is 636 g/mol. The van der Waals surface area contributed by atoms with Crippen molar-refractivity contribution in [3.8, 4) is 23.0 Å². The molecule has 3 aliphatic carbocycles. The van der Waals surface area contributed by atoms with Crippen LogP contribution in [-0.4, -0.2) is 59.3 Å². The third-order valence-corrected chi connectivity index (χ3v) is 10.4. The van der Waals surface area contributed by atoms with E-state index in [-0.39, 0.29) is 85.4 Å². The van der Waals surface area contributed by atoms with E-state index in [0.29, 0.717) is 5.56 Å². The number of aromatic hydroxyl groups is 4. The number of rotatable bonds is 2. The molecule has 7 rings (SSSR count). The largest absolute Gasteiger partial charge is 0.507 e. The predicted octanol–water partition coefficient (Wildman–Crippen LogP) is 4.59. The number of phenols is 4. The standard InChI is InChI=1S/C36H28O11/c1-12-5-6-16-26(29(12)39)31(41)22-14(3)24(33(43)44)20(37)10-17(22)35(16)7-8-36(47)18-11-21(38)25(34(45)46)15(4)23(18)32(42)27-28(36)19(35)9-13(2)30(27)40/h5-6,9-11,37-40,47H,7-8H2,1-4H3,(H,43,44)(H,45,46)/t35-,36?/m1/s1. The van der Waals surface area contributed by atoms with Crippen molar-refractivity contribution < 1.29 is 54.9 Å². The Morgan fingerprint density at radius 1 is 0.617 bits per heavy atom. The van der Waals surface area contributed by atoms with E-state index >= 15 is 0 Å².